The van der Waals surface area contributed by atoms with Crippen molar-refractivity contribution in [3.05, 3.63) is 35.4 Å². The summed E-state index contributed by atoms with van der Waals surface area (Å²) in [4.78, 5) is 24.2. The fraction of sp³-hybridized carbons (Fsp3) is 0.500. The summed E-state index contributed by atoms with van der Waals surface area (Å²) in [6.07, 6.45) is 0.749. The Morgan fingerprint density at radius 3 is 2.48 bits per heavy atom. The van der Waals surface area contributed by atoms with Gasteiger partial charge in [0.2, 0.25) is 0 Å². The molecule has 0 spiro atoms. The van der Waals surface area contributed by atoms with Gasteiger partial charge in [-0.3, -0.25) is 4.79 Å². The van der Waals surface area contributed by atoms with Crippen molar-refractivity contribution in [1.29, 1.82) is 0 Å². The molecule has 0 aliphatic rings. The molecule has 0 heterocycles. The van der Waals surface area contributed by atoms with Crippen molar-refractivity contribution in [2.45, 2.75) is 33.2 Å². The first-order valence-electron chi connectivity index (χ1n) is 7.27. The fourth-order valence-electron chi connectivity index (χ4n) is 1.93. The van der Waals surface area contributed by atoms with Crippen LogP contribution in [0.3, 0.4) is 0 Å². The summed E-state index contributed by atoms with van der Waals surface area (Å²) in [6.45, 7) is 6.38. The monoisotopic (exact) mass is 293 g/mol. The van der Waals surface area contributed by atoms with E-state index in [2.05, 4.69) is 5.32 Å². The molecule has 1 aromatic carbocycles. The molecule has 1 aromatic rings. The van der Waals surface area contributed by atoms with E-state index in [-0.39, 0.29) is 19.1 Å². The van der Waals surface area contributed by atoms with E-state index in [1.54, 1.807) is 19.1 Å². The zero-order valence-corrected chi connectivity index (χ0v) is 12.8. The van der Waals surface area contributed by atoms with Crippen LogP contribution >= 0.6 is 0 Å². The van der Waals surface area contributed by atoms with Crippen LogP contribution in [0.25, 0.3) is 0 Å². The van der Waals surface area contributed by atoms with E-state index in [1.807, 2.05) is 26.0 Å². The lowest BCUT2D eigenvalue weighted by Crippen LogP contribution is -2.45. The quantitative estimate of drug-likeness (QED) is 0.744. The van der Waals surface area contributed by atoms with Gasteiger partial charge in [0, 0.05) is 12.2 Å². The van der Waals surface area contributed by atoms with Crippen LogP contribution in [0, 0.1) is 0 Å². The van der Waals surface area contributed by atoms with Crippen LogP contribution in [-0.4, -0.2) is 37.7 Å². The van der Waals surface area contributed by atoms with E-state index in [4.69, 9.17) is 9.47 Å². The van der Waals surface area contributed by atoms with Crippen molar-refractivity contribution >= 4 is 11.9 Å². The van der Waals surface area contributed by atoms with Crippen molar-refractivity contribution in [3.8, 4) is 0 Å². The molecule has 0 radical (unpaired) electrons. The Kier molecular flexibility index (Phi) is 7.46. The number of esters is 1. The summed E-state index contributed by atoms with van der Waals surface area (Å²) in [5.41, 5.74) is 1.51. The van der Waals surface area contributed by atoms with Crippen LogP contribution in [0.15, 0.2) is 24.3 Å². The van der Waals surface area contributed by atoms with Crippen LogP contribution in [0.4, 0.5) is 0 Å². The maximum absolute atomic E-state index is 12.3. The van der Waals surface area contributed by atoms with E-state index in [1.165, 1.54) is 0 Å². The zero-order valence-electron chi connectivity index (χ0n) is 12.8. The van der Waals surface area contributed by atoms with Gasteiger partial charge in [-0.25, -0.2) is 4.79 Å². The largest absolute Gasteiger partial charge is 0.464 e. The van der Waals surface area contributed by atoms with Gasteiger partial charge in [-0.1, -0.05) is 25.1 Å². The lowest BCUT2D eigenvalue weighted by molar-refractivity contribution is -0.147. The van der Waals surface area contributed by atoms with E-state index in [0.717, 1.165) is 12.0 Å². The number of benzene rings is 1. The molecule has 0 aliphatic carbocycles. The number of hydrogen-bond acceptors (Lipinski definition) is 4. The van der Waals surface area contributed by atoms with Crippen LogP contribution in [0.1, 0.15) is 36.7 Å². The highest BCUT2D eigenvalue weighted by atomic mass is 16.5. The number of carbonyl (C=O) groups excluding carboxylic acids is 2. The Morgan fingerprint density at radius 2 is 1.86 bits per heavy atom. The van der Waals surface area contributed by atoms with Crippen LogP contribution in [0.2, 0.25) is 0 Å². The average Bonchev–Trinajstić information content (AvgIpc) is 2.51. The van der Waals surface area contributed by atoms with Gasteiger partial charge in [-0.2, -0.15) is 0 Å². The number of rotatable bonds is 8. The Balaban J connectivity index is 2.81. The summed E-state index contributed by atoms with van der Waals surface area (Å²) >= 11 is 0. The molecule has 21 heavy (non-hydrogen) atoms. The van der Waals surface area contributed by atoms with Crippen molar-refractivity contribution in [2.75, 3.05) is 19.8 Å². The minimum Gasteiger partial charge on any atom is -0.464 e. The van der Waals surface area contributed by atoms with Gasteiger partial charge in [0.05, 0.1) is 13.2 Å². The first-order valence-corrected chi connectivity index (χ1v) is 7.27. The highest BCUT2D eigenvalue weighted by Gasteiger charge is 2.23. The minimum absolute atomic E-state index is 0.107. The normalized spacial score (nSPS) is 11.8. The van der Waals surface area contributed by atoms with Gasteiger partial charge < -0.3 is 14.8 Å². The molecule has 0 fully saturated rings. The molecular weight excluding hydrogens is 270 g/mol. The molecule has 1 unspecified atom stereocenters. The first-order chi connectivity index (χ1) is 10.1. The summed E-state index contributed by atoms with van der Waals surface area (Å²) < 4.78 is 10.2. The van der Waals surface area contributed by atoms with Crippen molar-refractivity contribution in [1.82, 2.24) is 5.32 Å². The molecule has 0 saturated carbocycles. The van der Waals surface area contributed by atoms with Crippen LogP contribution in [0.5, 0.6) is 0 Å². The van der Waals surface area contributed by atoms with Crippen molar-refractivity contribution in [2.24, 2.45) is 0 Å². The molecule has 1 rings (SSSR count). The first kappa shape index (κ1) is 17.2. The topological polar surface area (TPSA) is 64.6 Å². The number of amides is 1. The summed E-state index contributed by atoms with van der Waals surface area (Å²) in [6, 6.07) is 6.55. The van der Waals surface area contributed by atoms with Gasteiger partial charge >= 0.3 is 5.97 Å². The Hall–Kier alpha value is -1.88. The highest BCUT2D eigenvalue weighted by molar-refractivity contribution is 5.98. The third-order valence-electron chi connectivity index (χ3n) is 3.01. The number of ether oxygens (including phenoxy) is 2. The Labute approximate surface area is 125 Å². The molecule has 0 saturated heterocycles. The molecule has 116 valence electrons. The molecular formula is C16H23NO4. The maximum atomic E-state index is 12.3. The molecule has 0 bridgehead atoms. The summed E-state index contributed by atoms with van der Waals surface area (Å²) in [5, 5.41) is 2.69. The Morgan fingerprint density at radius 1 is 1.14 bits per heavy atom. The average molecular weight is 293 g/mol. The fourth-order valence-corrected chi connectivity index (χ4v) is 1.93. The van der Waals surface area contributed by atoms with Gasteiger partial charge in [0.15, 0.2) is 6.04 Å². The molecule has 0 aliphatic heterocycles. The van der Waals surface area contributed by atoms with Crippen LogP contribution < -0.4 is 5.32 Å². The zero-order chi connectivity index (χ0) is 15.7. The Bertz CT molecular complexity index is 473. The predicted molar refractivity (Wildman–Crippen MR) is 80.2 cm³/mol. The standard InChI is InChI=1S/C16H23NO4/c1-4-12-9-7-8-10-13(12)15(18)17-14(11-20-5-2)16(19)21-6-3/h7-10,14H,4-6,11H2,1-3H3,(H,17,18). The molecule has 5 heteroatoms. The maximum Gasteiger partial charge on any atom is 0.331 e. The highest BCUT2D eigenvalue weighted by Crippen LogP contribution is 2.09. The van der Waals surface area contributed by atoms with E-state index in [0.29, 0.717) is 12.2 Å². The van der Waals surface area contributed by atoms with Crippen molar-refractivity contribution < 1.29 is 19.1 Å². The van der Waals surface area contributed by atoms with Crippen molar-refractivity contribution in [3.63, 3.8) is 0 Å². The second-order valence-corrected chi connectivity index (χ2v) is 4.45. The van der Waals surface area contributed by atoms with Gasteiger partial charge in [0.25, 0.3) is 5.91 Å². The predicted octanol–water partition coefficient (Wildman–Crippen LogP) is 1.95. The summed E-state index contributed by atoms with van der Waals surface area (Å²) in [5.74, 6) is -0.765. The van der Waals surface area contributed by atoms with Crippen LogP contribution in [-0.2, 0) is 20.7 Å². The third kappa shape index (κ3) is 5.19. The number of aryl methyl sites for hydroxylation is 1. The lowest BCUT2D eigenvalue weighted by Gasteiger charge is -2.18. The second-order valence-electron chi connectivity index (χ2n) is 4.45. The van der Waals surface area contributed by atoms with Gasteiger partial charge in [0.1, 0.15) is 0 Å². The smallest absolute Gasteiger partial charge is 0.331 e. The van der Waals surface area contributed by atoms with E-state index >= 15 is 0 Å². The summed E-state index contributed by atoms with van der Waals surface area (Å²) in [7, 11) is 0. The molecule has 5 nitrogen and oxygen atoms in total. The number of hydrogen-bond donors (Lipinski definition) is 1. The number of nitrogens with one attached hydrogen (secondary N) is 1. The number of carbonyl (C=O) groups is 2. The van der Waals surface area contributed by atoms with E-state index in [9.17, 15) is 9.59 Å². The molecule has 0 aromatic heterocycles. The van der Waals surface area contributed by atoms with Gasteiger partial charge in [-0.05, 0) is 31.9 Å². The molecule has 1 N–H and O–H groups in total. The molecule has 1 atom stereocenters. The SMILES string of the molecule is CCOCC(NC(=O)c1ccccc1CC)C(=O)OCC. The third-order valence-corrected chi connectivity index (χ3v) is 3.01. The minimum atomic E-state index is -0.790. The van der Waals surface area contributed by atoms with E-state index < -0.39 is 12.0 Å². The van der Waals surface area contributed by atoms with Gasteiger partial charge in [-0.15, -0.1) is 0 Å². The second kappa shape index (κ2) is 9.13. The lowest BCUT2D eigenvalue weighted by atomic mass is 10.0. The molecule has 1 amide bonds.